The van der Waals surface area contributed by atoms with E-state index in [2.05, 4.69) is 4.90 Å². The molecule has 5 nitrogen and oxygen atoms in total. The number of ether oxygens (including phenoxy) is 3. The fraction of sp³-hybridized carbons (Fsp3) is 0.591. The molecule has 150 valence electrons. The Morgan fingerprint density at radius 3 is 2.26 bits per heavy atom. The summed E-state index contributed by atoms with van der Waals surface area (Å²) in [6, 6.07) is 3.98. The predicted octanol–water partition coefficient (Wildman–Crippen LogP) is 4.24. The zero-order chi connectivity index (χ0) is 19.6. The third kappa shape index (κ3) is 6.19. The molecule has 1 aliphatic carbocycles. The summed E-state index contributed by atoms with van der Waals surface area (Å²) in [7, 11) is 6.88. The van der Waals surface area contributed by atoms with E-state index in [1.807, 2.05) is 25.4 Å². The van der Waals surface area contributed by atoms with Gasteiger partial charge in [0.25, 0.3) is 0 Å². The van der Waals surface area contributed by atoms with Crippen LogP contribution in [0, 0.1) is 5.92 Å². The first kappa shape index (κ1) is 21.1. The molecule has 0 aromatic heterocycles. The van der Waals surface area contributed by atoms with E-state index in [0.717, 1.165) is 37.8 Å². The first-order valence-electron chi connectivity index (χ1n) is 9.80. The predicted molar refractivity (Wildman–Crippen MR) is 108 cm³/mol. The summed E-state index contributed by atoms with van der Waals surface area (Å²) in [5, 5.41) is 0. The Labute approximate surface area is 163 Å². The van der Waals surface area contributed by atoms with Gasteiger partial charge in [-0.15, -0.1) is 0 Å². The Bertz CT molecular complexity index is 610. The molecule has 0 bridgehead atoms. The van der Waals surface area contributed by atoms with E-state index < -0.39 is 0 Å². The second-order valence-corrected chi connectivity index (χ2v) is 7.17. The van der Waals surface area contributed by atoms with Crippen LogP contribution in [0.4, 0.5) is 0 Å². The Hall–Kier alpha value is -2.17. The lowest BCUT2D eigenvalue weighted by Gasteiger charge is -2.19. The molecule has 0 unspecified atom stereocenters. The third-order valence-corrected chi connectivity index (χ3v) is 5.20. The maximum atomic E-state index is 12.2. The Kier molecular flexibility index (Phi) is 8.49. The first-order valence-corrected chi connectivity index (χ1v) is 9.80. The van der Waals surface area contributed by atoms with Gasteiger partial charge in [-0.2, -0.15) is 0 Å². The van der Waals surface area contributed by atoms with Gasteiger partial charge in [0.15, 0.2) is 17.3 Å². The molecule has 27 heavy (non-hydrogen) atoms. The summed E-state index contributed by atoms with van der Waals surface area (Å²) in [5.74, 6) is 2.50. The molecule has 1 aromatic carbocycles. The molecule has 0 aliphatic heterocycles. The fourth-order valence-electron chi connectivity index (χ4n) is 3.61. The van der Waals surface area contributed by atoms with Crippen LogP contribution in [-0.2, 0) is 11.2 Å². The second kappa shape index (κ2) is 10.9. The van der Waals surface area contributed by atoms with Crippen LogP contribution >= 0.6 is 0 Å². The van der Waals surface area contributed by atoms with Gasteiger partial charge in [-0.05, 0) is 49.5 Å². The molecule has 0 spiro atoms. The molecule has 1 saturated carbocycles. The van der Waals surface area contributed by atoms with Crippen LogP contribution in [0.1, 0.15) is 44.1 Å². The maximum absolute atomic E-state index is 12.2. The van der Waals surface area contributed by atoms with Crippen molar-refractivity contribution in [1.82, 2.24) is 4.90 Å². The zero-order valence-corrected chi connectivity index (χ0v) is 17.1. The molecule has 0 N–H and O–H groups in total. The van der Waals surface area contributed by atoms with Crippen LogP contribution in [0.2, 0.25) is 0 Å². The van der Waals surface area contributed by atoms with E-state index in [4.69, 9.17) is 14.2 Å². The number of hydrogen-bond acceptors (Lipinski definition) is 5. The van der Waals surface area contributed by atoms with Crippen LogP contribution < -0.4 is 14.2 Å². The average molecular weight is 376 g/mol. The van der Waals surface area contributed by atoms with Gasteiger partial charge < -0.3 is 19.1 Å². The zero-order valence-electron chi connectivity index (χ0n) is 17.1. The number of carbonyl (C=O) groups is 1. The van der Waals surface area contributed by atoms with Gasteiger partial charge in [0, 0.05) is 25.7 Å². The van der Waals surface area contributed by atoms with Gasteiger partial charge in [-0.1, -0.05) is 19.3 Å². The van der Waals surface area contributed by atoms with Gasteiger partial charge in [0.1, 0.15) is 0 Å². The topological polar surface area (TPSA) is 48.0 Å². The maximum Gasteiger partial charge on any atom is 0.203 e. The fourth-order valence-corrected chi connectivity index (χ4v) is 3.61. The molecular formula is C22H33NO4. The van der Waals surface area contributed by atoms with Gasteiger partial charge in [0.05, 0.1) is 21.3 Å². The first-order chi connectivity index (χ1) is 13.1. The van der Waals surface area contributed by atoms with E-state index in [1.54, 1.807) is 27.4 Å². The molecule has 0 amide bonds. The minimum Gasteiger partial charge on any atom is -0.493 e. The highest BCUT2D eigenvalue weighted by molar-refractivity contribution is 5.91. The van der Waals surface area contributed by atoms with Crippen LogP contribution in [0.15, 0.2) is 24.4 Å². The summed E-state index contributed by atoms with van der Waals surface area (Å²) in [5.41, 5.74) is 1.14. The minimum atomic E-state index is 0.239. The van der Waals surface area contributed by atoms with Crippen LogP contribution in [0.5, 0.6) is 17.2 Å². The van der Waals surface area contributed by atoms with Crippen molar-refractivity contribution in [2.45, 2.75) is 44.9 Å². The smallest absolute Gasteiger partial charge is 0.203 e. The molecule has 0 saturated heterocycles. The molecule has 1 aromatic rings. The van der Waals surface area contributed by atoms with Crippen LogP contribution in [0.3, 0.4) is 0 Å². The SMILES string of the molecule is COc1cc(CCCN(C)/C=C/C(=O)C2CCCCC2)cc(OC)c1OC. The number of nitrogens with zero attached hydrogens (tertiary/aromatic N) is 1. The number of aryl methyl sites for hydroxylation is 1. The number of hydrogen-bond donors (Lipinski definition) is 0. The lowest BCUT2D eigenvalue weighted by Crippen LogP contribution is -2.18. The van der Waals surface area contributed by atoms with E-state index in [0.29, 0.717) is 17.2 Å². The van der Waals surface area contributed by atoms with Crippen molar-refractivity contribution in [2.24, 2.45) is 5.92 Å². The molecule has 5 heteroatoms. The Morgan fingerprint density at radius 1 is 1.07 bits per heavy atom. The Morgan fingerprint density at radius 2 is 1.70 bits per heavy atom. The average Bonchev–Trinajstić information content (AvgIpc) is 2.71. The van der Waals surface area contributed by atoms with E-state index >= 15 is 0 Å². The number of benzene rings is 1. The second-order valence-electron chi connectivity index (χ2n) is 7.17. The quantitative estimate of drug-likeness (QED) is 0.573. The van der Waals surface area contributed by atoms with Crippen molar-refractivity contribution in [3.8, 4) is 17.2 Å². The largest absolute Gasteiger partial charge is 0.493 e. The van der Waals surface area contributed by atoms with E-state index in [9.17, 15) is 4.79 Å². The van der Waals surface area contributed by atoms with Crippen molar-refractivity contribution in [3.63, 3.8) is 0 Å². The number of methoxy groups -OCH3 is 3. The number of rotatable bonds is 10. The Balaban J connectivity index is 1.84. The molecule has 0 atom stereocenters. The highest BCUT2D eigenvalue weighted by atomic mass is 16.5. The normalized spacial score (nSPS) is 15.0. The summed E-state index contributed by atoms with van der Waals surface area (Å²) in [4.78, 5) is 14.3. The summed E-state index contributed by atoms with van der Waals surface area (Å²) >= 11 is 0. The lowest BCUT2D eigenvalue weighted by molar-refractivity contribution is -0.119. The van der Waals surface area contributed by atoms with Gasteiger partial charge in [-0.25, -0.2) is 0 Å². The summed E-state index contributed by atoms with van der Waals surface area (Å²) in [6.07, 6.45) is 11.3. The highest BCUT2D eigenvalue weighted by Crippen LogP contribution is 2.38. The van der Waals surface area contributed by atoms with Crippen molar-refractivity contribution in [1.29, 1.82) is 0 Å². The molecule has 0 radical (unpaired) electrons. The van der Waals surface area contributed by atoms with Crippen molar-refractivity contribution < 1.29 is 19.0 Å². The van der Waals surface area contributed by atoms with Crippen molar-refractivity contribution in [2.75, 3.05) is 34.9 Å². The molecule has 1 fully saturated rings. The van der Waals surface area contributed by atoms with Gasteiger partial charge >= 0.3 is 0 Å². The third-order valence-electron chi connectivity index (χ3n) is 5.20. The van der Waals surface area contributed by atoms with Gasteiger partial charge in [0.2, 0.25) is 5.75 Å². The van der Waals surface area contributed by atoms with Crippen LogP contribution in [0.25, 0.3) is 0 Å². The minimum absolute atomic E-state index is 0.239. The number of allylic oxidation sites excluding steroid dienone is 1. The summed E-state index contributed by atoms with van der Waals surface area (Å²) < 4.78 is 16.2. The lowest BCUT2D eigenvalue weighted by atomic mass is 9.86. The number of ketones is 1. The number of carbonyl (C=O) groups excluding carboxylic acids is 1. The van der Waals surface area contributed by atoms with E-state index in [1.165, 1.54) is 19.3 Å². The monoisotopic (exact) mass is 375 g/mol. The van der Waals surface area contributed by atoms with Crippen molar-refractivity contribution in [3.05, 3.63) is 30.0 Å². The highest BCUT2D eigenvalue weighted by Gasteiger charge is 2.18. The molecular weight excluding hydrogens is 342 g/mol. The molecule has 1 aliphatic rings. The van der Waals surface area contributed by atoms with Gasteiger partial charge in [-0.3, -0.25) is 4.79 Å². The van der Waals surface area contributed by atoms with Crippen molar-refractivity contribution >= 4 is 5.78 Å². The molecule has 0 heterocycles. The van der Waals surface area contributed by atoms with E-state index in [-0.39, 0.29) is 11.7 Å². The summed E-state index contributed by atoms with van der Waals surface area (Å²) in [6.45, 7) is 0.880. The van der Waals surface area contributed by atoms with Crippen LogP contribution in [-0.4, -0.2) is 45.6 Å². The molecule has 2 rings (SSSR count). The standard InChI is InChI=1S/C22H33NO4/c1-23(14-12-19(24)18-10-6-5-7-11-18)13-8-9-17-15-20(25-2)22(27-4)21(16-17)26-3/h12,14-16,18H,5-11,13H2,1-4H3/b14-12+.